The van der Waals surface area contributed by atoms with Crippen molar-refractivity contribution in [2.24, 2.45) is 0 Å². The van der Waals surface area contributed by atoms with Crippen LogP contribution in [0.2, 0.25) is 0 Å². The van der Waals surface area contributed by atoms with Crippen LogP contribution in [0, 0.1) is 5.82 Å². The van der Waals surface area contributed by atoms with Crippen LogP contribution in [-0.4, -0.2) is 21.1 Å². The Labute approximate surface area is 139 Å². The Morgan fingerprint density at radius 2 is 1.95 bits per heavy atom. The number of hydrogen-bond acceptors (Lipinski definition) is 6. The standard InChI is InChI=1S/C13H13BrFN5OS/c1-6(22-13-19-10(16)5-11(17)20-13)12(21)18-9-3-2-7(14)4-8(9)15/h2-6H,1H3,(H,18,21)(H4,16,17,19,20)/t6-/m1/s1. The molecule has 116 valence electrons. The number of thioether (sulfide) groups is 1. The average molecular weight is 386 g/mol. The normalized spacial score (nSPS) is 12.0. The Hall–Kier alpha value is -1.87. The SMILES string of the molecule is C[C@@H](Sc1nc(N)cc(N)n1)C(=O)Nc1ccc(Br)cc1F. The number of anilines is 3. The maximum atomic E-state index is 13.7. The van der Waals surface area contributed by atoms with Crippen LogP contribution in [0.3, 0.4) is 0 Å². The molecule has 0 bridgehead atoms. The molecule has 0 saturated heterocycles. The van der Waals surface area contributed by atoms with Crippen molar-refractivity contribution in [3.8, 4) is 0 Å². The van der Waals surface area contributed by atoms with Gasteiger partial charge in [-0.2, -0.15) is 0 Å². The van der Waals surface area contributed by atoms with Gasteiger partial charge in [0.05, 0.1) is 10.9 Å². The molecule has 0 aliphatic heterocycles. The molecule has 2 rings (SSSR count). The van der Waals surface area contributed by atoms with Crippen molar-refractivity contribution in [1.82, 2.24) is 9.97 Å². The van der Waals surface area contributed by atoms with Gasteiger partial charge in [0.1, 0.15) is 17.5 Å². The van der Waals surface area contributed by atoms with E-state index in [1.54, 1.807) is 13.0 Å². The Bertz CT molecular complexity index is 695. The molecule has 2 aromatic rings. The van der Waals surface area contributed by atoms with Gasteiger partial charge in [-0.05, 0) is 25.1 Å². The summed E-state index contributed by atoms with van der Waals surface area (Å²) in [7, 11) is 0. The lowest BCUT2D eigenvalue weighted by Crippen LogP contribution is -2.23. The van der Waals surface area contributed by atoms with Crippen LogP contribution in [0.15, 0.2) is 33.9 Å². The molecule has 9 heteroatoms. The van der Waals surface area contributed by atoms with E-state index < -0.39 is 11.1 Å². The smallest absolute Gasteiger partial charge is 0.237 e. The Balaban J connectivity index is 2.05. The average Bonchev–Trinajstić information content (AvgIpc) is 2.40. The number of aromatic nitrogens is 2. The van der Waals surface area contributed by atoms with Crippen molar-refractivity contribution in [2.75, 3.05) is 16.8 Å². The van der Waals surface area contributed by atoms with Gasteiger partial charge < -0.3 is 16.8 Å². The van der Waals surface area contributed by atoms with Gasteiger partial charge in [-0.15, -0.1) is 0 Å². The molecule has 1 heterocycles. The molecule has 1 aromatic carbocycles. The number of halogens is 2. The molecular weight excluding hydrogens is 373 g/mol. The first kappa shape index (κ1) is 16.5. The van der Waals surface area contributed by atoms with E-state index in [-0.39, 0.29) is 28.4 Å². The summed E-state index contributed by atoms with van der Waals surface area (Å²) in [6.07, 6.45) is 0. The quantitative estimate of drug-likeness (QED) is 0.551. The van der Waals surface area contributed by atoms with Gasteiger partial charge in [0.2, 0.25) is 5.91 Å². The van der Waals surface area contributed by atoms with Gasteiger partial charge in [-0.25, -0.2) is 14.4 Å². The minimum absolute atomic E-state index is 0.105. The van der Waals surface area contributed by atoms with E-state index in [1.165, 1.54) is 18.2 Å². The highest BCUT2D eigenvalue weighted by atomic mass is 79.9. The number of benzene rings is 1. The summed E-state index contributed by atoms with van der Waals surface area (Å²) >= 11 is 4.23. The number of carbonyl (C=O) groups is 1. The van der Waals surface area contributed by atoms with Crippen molar-refractivity contribution in [2.45, 2.75) is 17.3 Å². The molecule has 0 aliphatic carbocycles. The molecular formula is C13H13BrFN5OS. The van der Waals surface area contributed by atoms with E-state index in [4.69, 9.17) is 11.5 Å². The Morgan fingerprint density at radius 3 is 2.55 bits per heavy atom. The van der Waals surface area contributed by atoms with Gasteiger partial charge in [0.25, 0.3) is 0 Å². The minimum atomic E-state index is -0.552. The zero-order chi connectivity index (χ0) is 16.3. The van der Waals surface area contributed by atoms with E-state index >= 15 is 0 Å². The highest BCUT2D eigenvalue weighted by molar-refractivity contribution is 9.10. The molecule has 6 nitrogen and oxygen atoms in total. The summed E-state index contributed by atoms with van der Waals surface area (Å²) in [4.78, 5) is 20.1. The summed E-state index contributed by atoms with van der Waals surface area (Å²) in [5.74, 6) is -0.455. The van der Waals surface area contributed by atoms with Crippen molar-refractivity contribution in [3.05, 3.63) is 34.6 Å². The number of nitrogens with one attached hydrogen (secondary N) is 1. The topological polar surface area (TPSA) is 107 Å². The number of amides is 1. The fourth-order valence-corrected chi connectivity index (χ4v) is 2.68. The van der Waals surface area contributed by atoms with Crippen molar-refractivity contribution in [1.29, 1.82) is 0 Å². The predicted molar refractivity (Wildman–Crippen MR) is 88.9 cm³/mol. The molecule has 0 saturated carbocycles. The van der Waals surface area contributed by atoms with Crippen LogP contribution < -0.4 is 16.8 Å². The number of nitrogens with zero attached hydrogens (tertiary/aromatic N) is 2. The zero-order valence-electron chi connectivity index (χ0n) is 11.5. The molecule has 0 fully saturated rings. The van der Waals surface area contributed by atoms with E-state index in [9.17, 15) is 9.18 Å². The monoisotopic (exact) mass is 385 g/mol. The van der Waals surface area contributed by atoms with Gasteiger partial charge in [0, 0.05) is 10.5 Å². The van der Waals surface area contributed by atoms with Gasteiger partial charge >= 0.3 is 0 Å². The van der Waals surface area contributed by atoms with Crippen LogP contribution in [0.1, 0.15) is 6.92 Å². The van der Waals surface area contributed by atoms with E-state index in [0.717, 1.165) is 11.8 Å². The third-order valence-electron chi connectivity index (χ3n) is 2.59. The maximum absolute atomic E-state index is 13.7. The fourth-order valence-electron chi connectivity index (χ4n) is 1.55. The number of hydrogen-bond donors (Lipinski definition) is 3. The Morgan fingerprint density at radius 1 is 1.32 bits per heavy atom. The minimum Gasteiger partial charge on any atom is -0.383 e. The first-order valence-corrected chi connectivity index (χ1v) is 7.85. The molecule has 0 spiro atoms. The molecule has 0 aliphatic rings. The van der Waals surface area contributed by atoms with Crippen LogP contribution in [0.5, 0.6) is 0 Å². The zero-order valence-corrected chi connectivity index (χ0v) is 13.9. The van der Waals surface area contributed by atoms with Gasteiger partial charge in [0.15, 0.2) is 5.16 Å². The summed E-state index contributed by atoms with van der Waals surface area (Å²) in [6.45, 7) is 1.65. The summed E-state index contributed by atoms with van der Waals surface area (Å²) in [6, 6.07) is 5.81. The van der Waals surface area contributed by atoms with Gasteiger partial charge in [-0.3, -0.25) is 4.79 Å². The van der Waals surface area contributed by atoms with E-state index in [2.05, 4.69) is 31.2 Å². The van der Waals surface area contributed by atoms with Crippen LogP contribution in [-0.2, 0) is 4.79 Å². The van der Waals surface area contributed by atoms with Crippen LogP contribution in [0.4, 0.5) is 21.7 Å². The molecule has 5 N–H and O–H groups in total. The van der Waals surface area contributed by atoms with Crippen LogP contribution >= 0.6 is 27.7 Å². The van der Waals surface area contributed by atoms with Crippen LogP contribution in [0.25, 0.3) is 0 Å². The second kappa shape index (κ2) is 6.93. The molecule has 22 heavy (non-hydrogen) atoms. The van der Waals surface area contributed by atoms with Crippen molar-refractivity contribution < 1.29 is 9.18 Å². The molecule has 1 amide bonds. The van der Waals surface area contributed by atoms with Gasteiger partial charge in [-0.1, -0.05) is 27.7 Å². The van der Waals surface area contributed by atoms with E-state index in [0.29, 0.717) is 4.47 Å². The van der Waals surface area contributed by atoms with Crippen molar-refractivity contribution >= 4 is 50.9 Å². The summed E-state index contributed by atoms with van der Waals surface area (Å²) < 4.78 is 14.3. The number of rotatable bonds is 4. The molecule has 0 radical (unpaired) electrons. The molecule has 1 aromatic heterocycles. The largest absolute Gasteiger partial charge is 0.383 e. The Kier molecular flexibility index (Phi) is 5.19. The number of nitrogen functional groups attached to an aromatic ring is 2. The van der Waals surface area contributed by atoms with E-state index in [1.807, 2.05) is 0 Å². The maximum Gasteiger partial charge on any atom is 0.237 e. The first-order chi connectivity index (χ1) is 10.3. The summed E-state index contributed by atoms with van der Waals surface area (Å²) in [5, 5.41) is 2.25. The first-order valence-electron chi connectivity index (χ1n) is 6.18. The summed E-state index contributed by atoms with van der Waals surface area (Å²) in [5.41, 5.74) is 11.2. The third-order valence-corrected chi connectivity index (χ3v) is 4.04. The number of nitrogens with two attached hydrogens (primary N) is 2. The second-order valence-corrected chi connectivity index (χ2v) is 6.60. The lowest BCUT2D eigenvalue weighted by molar-refractivity contribution is -0.115. The highest BCUT2D eigenvalue weighted by Crippen LogP contribution is 2.24. The third kappa shape index (κ3) is 4.31. The van der Waals surface area contributed by atoms with Crippen molar-refractivity contribution in [3.63, 3.8) is 0 Å². The lowest BCUT2D eigenvalue weighted by Gasteiger charge is -2.12. The lowest BCUT2D eigenvalue weighted by atomic mass is 10.3. The number of carbonyl (C=O) groups excluding carboxylic acids is 1. The molecule has 0 unspecified atom stereocenters. The fraction of sp³-hybridized carbons (Fsp3) is 0.154. The second-order valence-electron chi connectivity index (χ2n) is 4.37. The highest BCUT2D eigenvalue weighted by Gasteiger charge is 2.18. The predicted octanol–water partition coefficient (Wildman–Crippen LogP) is 2.66. The molecule has 1 atom stereocenters.